The van der Waals surface area contributed by atoms with E-state index < -0.39 is 16.0 Å². The lowest BCUT2D eigenvalue weighted by molar-refractivity contribution is 0.0472. The van der Waals surface area contributed by atoms with Crippen LogP contribution in [0.4, 0.5) is 5.69 Å². The van der Waals surface area contributed by atoms with E-state index in [0.29, 0.717) is 18.0 Å². The number of carbonyl (C=O) groups is 1. The maximum absolute atomic E-state index is 13.0. The summed E-state index contributed by atoms with van der Waals surface area (Å²) in [6, 6.07) is 27.4. The first-order valence-electron chi connectivity index (χ1n) is 10.9. The lowest BCUT2D eigenvalue weighted by atomic mass is 10.2. The molecule has 0 atom stereocenters. The summed E-state index contributed by atoms with van der Waals surface area (Å²) in [5.74, 6) is 0.0612. The Kier molecular flexibility index (Phi) is 7.42. The molecule has 0 aliphatic heterocycles. The third-order valence-corrected chi connectivity index (χ3v) is 7.04. The van der Waals surface area contributed by atoms with Crippen LogP contribution >= 0.6 is 0 Å². The van der Waals surface area contributed by atoms with Crippen LogP contribution in [0.15, 0.2) is 108 Å². The van der Waals surface area contributed by atoms with Gasteiger partial charge in [0.05, 0.1) is 21.8 Å². The lowest BCUT2D eigenvalue weighted by Gasteiger charge is -2.19. The van der Waals surface area contributed by atoms with Crippen molar-refractivity contribution in [3.8, 4) is 5.75 Å². The number of hydrogen-bond acceptors (Lipinski definition) is 6. The van der Waals surface area contributed by atoms with Gasteiger partial charge in [-0.15, -0.1) is 0 Å². The van der Waals surface area contributed by atoms with Crippen molar-refractivity contribution in [2.24, 2.45) is 0 Å². The molecule has 0 saturated carbocycles. The van der Waals surface area contributed by atoms with Gasteiger partial charge in [0.1, 0.15) is 19.0 Å². The summed E-state index contributed by atoms with van der Waals surface area (Å²) in [6.45, 7) is 0.397. The number of ether oxygens (including phenoxy) is 2. The first kappa shape index (κ1) is 24.0. The SMILES string of the molecule is CN(c1ccccc1)S(=O)(=O)c1cccc(C(=O)OCc2ccc(OCc3ccccn3)cc2)c1. The average molecular weight is 489 g/mol. The lowest BCUT2D eigenvalue weighted by Crippen LogP contribution is -2.26. The van der Waals surface area contributed by atoms with Gasteiger partial charge in [0.2, 0.25) is 0 Å². The highest BCUT2D eigenvalue weighted by atomic mass is 32.2. The number of aromatic nitrogens is 1. The van der Waals surface area contributed by atoms with Crippen molar-refractivity contribution >= 4 is 21.7 Å². The van der Waals surface area contributed by atoms with Gasteiger partial charge in [0.15, 0.2) is 0 Å². The fraction of sp³-hybridized carbons (Fsp3) is 0.111. The van der Waals surface area contributed by atoms with E-state index in [4.69, 9.17) is 9.47 Å². The zero-order valence-corrected chi connectivity index (χ0v) is 19.9. The molecule has 4 aromatic rings. The second kappa shape index (κ2) is 10.8. The van der Waals surface area contributed by atoms with E-state index in [9.17, 15) is 13.2 Å². The third-order valence-electron chi connectivity index (χ3n) is 5.25. The van der Waals surface area contributed by atoms with Crippen LogP contribution in [0.1, 0.15) is 21.6 Å². The molecule has 8 heteroatoms. The Morgan fingerprint density at radius 2 is 1.60 bits per heavy atom. The minimum absolute atomic E-state index is 0.00714. The van der Waals surface area contributed by atoms with Gasteiger partial charge in [-0.3, -0.25) is 9.29 Å². The van der Waals surface area contributed by atoms with E-state index in [-0.39, 0.29) is 17.1 Å². The first-order chi connectivity index (χ1) is 16.9. The monoisotopic (exact) mass is 488 g/mol. The molecule has 0 bridgehead atoms. The van der Waals surface area contributed by atoms with E-state index >= 15 is 0 Å². The molecule has 4 rings (SSSR count). The van der Waals surface area contributed by atoms with Crippen molar-refractivity contribution in [2.75, 3.05) is 11.4 Å². The molecule has 0 N–H and O–H groups in total. The van der Waals surface area contributed by atoms with E-state index in [1.54, 1.807) is 54.7 Å². The van der Waals surface area contributed by atoms with Crippen molar-refractivity contribution in [3.63, 3.8) is 0 Å². The fourth-order valence-corrected chi connectivity index (χ4v) is 4.52. The molecule has 0 radical (unpaired) electrons. The fourth-order valence-electron chi connectivity index (χ4n) is 3.27. The molecule has 178 valence electrons. The highest BCUT2D eigenvalue weighted by molar-refractivity contribution is 7.92. The topological polar surface area (TPSA) is 85.8 Å². The maximum Gasteiger partial charge on any atom is 0.338 e. The Labute approximate surface area is 204 Å². The average Bonchev–Trinajstić information content (AvgIpc) is 2.92. The molecule has 35 heavy (non-hydrogen) atoms. The predicted octanol–water partition coefficient (Wildman–Crippen LogP) is 4.84. The Morgan fingerprint density at radius 3 is 2.31 bits per heavy atom. The predicted molar refractivity (Wildman–Crippen MR) is 133 cm³/mol. The van der Waals surface area contributed by atoms with Gasteiger partial charge in [0, 0.05) is 13.2 Å². The molecule has 1 heterocycles. The van der Waals surface area contributed by atoms with Crippen molar-refractivity contribution < 1.29 is 22.7 Å². The zero-order valence-electron chi connectivity index (χ0n) is 19.1. The molecule has 0 spiro atoms. The first-order valence-corrected chi connectivity index (χ1v) is 12.3. The molecule has 7 nitrogen and oxygen atoms in total. The van der Waals surface area contributed by atoms with Gasteiger partial charge in [-0.1, -0.05) is 42.5 Å². The number of benzene rings is 3. The van der Waals surface area contributed by atoms with Gasteiger partial charge >= 0.3 is 5.97 Å². The summed E-state index contributed by atoms with van der Waals surface area (Å²) in [5, 5.41) is 0. The van der Waals surface area contributed by atoms with Gasteiger partial charge in [-0.2, -0.15) is 0 Å². The highest BCUT2D eigenvalue weighted by Gasteiger charge is 2.22. The normalized spacial score (nSPS) is 11.0. The van der Waals surface area contributed by atoms with Crippen LogP contribution in [0.5, 0.6) is 5.75 Å². The second-order valence-corrected chi connectivity index (χ2v) is 9.64. The molecule has 0 saturated heterocycles. The minimum atomic E-state index is -3.84. The van der Waals surface area contributed by atoms with E-state index in [1.165, 1.54) is 35.6 Å². The summed E-state index contributed by atoms with van der Waals surface area (Å²) < 4.78 is 38.3. The molecule has 0 aliphatic rings. The maximum atomic E-state index is 13.0. The Bertz CT molecular complexity index is 1380. The molecular weight excluding hydrogens is 464 g/mol. The Morgan fingerprint density at radius 1 is 0.857 bits per heavy atom. The number of esters is 1. The minimum Gasteiger partial charge on any atom is -0.487 e. The van der Waals surface area contributed by atoms with Crippen LogP contribution in [-0.4, -0.2) is 26.4 Å². The number of sulfonamides is 1. The number of nitrogens with zero attached hydrogens (tertiary/aromatic N) is 2. The highest BCUT2D eigenvalue weighted by Crippen LogP contribution is 2.23. The number of pyridine rings is 1. The number of rotatable bonds is 9. The van der Waals surface area contributed by atoms with Crippen LogP contribution in [0.2, 0.25) is 0 Å². The molecule has 0 fully saturated rings. The van der Waals surface area contributed by atoms with E-state index in [1.807, 2.05) is 24.3 Å². The summed E-state index contributed by atoms with van der Waals surface area (Å²) in [4.78, 5) is 16.8. The summed E-state index contributed by atoms with van der Waals surface area (Å²) in [5.41, 5.74) is 2.27. The number of para-hydroxylation sites is 1. The molecule has 0 unspecified atom stereocenters. The van der Waals surface area contributed by atoms with Crippen molar-refractivity contribution in [1.82, 2.24) is 4.98 Å². The summed E-state index contributed by atoms with van der Waals surface area (Å²) in [6.07, 6.45) is 1.71. The Balaban J connectivity index is 1.37. The standard InChI is InChI=1S/C27H24N2O5S/c1-29(24-10-3-2-4-11-24)35(31,32)26-12-7-8-22(18-26)27(30)34-19-21-13-15-25(16-14-21)33-20-23-9-5-6-17-28-23/h2-18H,19-20H2,1H3. The van der Waals surface area contributed by atoms with Crippen molar-refractivity contribution in [1.29, 1.82) is 0 Å². The second-order valence-electron chi connectivity index (χ2n) is 7.67. The van der Waals surface area contributed by atoms with Crippen molar-refractivity contribution in [3.05, 3.63) is 120 Å². The van der Waals surface area contributed by atoms with Crippen LogP contribution in [0, 0.1) is 0 Å². The van der Waals surface area contributed by atoms with Crippen LogP contribution in [0.3, 0.4) is 0 Å². The third kappa shape index (κ3) is 6.04. The van der Waals surface area contributed by atoms with Gasteiger partial charge in [-0.05, 0) is 60.2 Å². The van der Waals surface area contributed by atoms with Gasteiger partial charge in [-0.25, -0.2) is 13.2 Å². The van der Waals surface area contributed by atoms with E-state index in [0.717, 1.165) is 11.3 Å². The summed E-state index contributed by atoms with van der Waals surface area (Å²) >= 11 is 0. The van der Waals surface area contributed by atoms with Gasteiger partial charge < -0.3 is 9.47 Å². The summed E-state index contributed by atoms with van der Waals surface area (Å²) in [7, 11) is -2.37. The number of hydrogen-bond donors (Lipinski definition) is 0. The van der Waals surface area contributed by atoms with Gasteiger partial charge in [0.25, 0.3) is 10.0 Å². The van der Waals surface area contributed by atoms with Crippen LogP contribution in [-0.2, 0) is 28.0 Å². The molecular formula is C27H24N2O5S. The van der Waals surface area contributed by atoms with Crippen LogP contribution < -0.4 is 9.04 Å². The smallest absolute Gasteiger partial charge is 0.338 e. The molecule has 0 aliphatic carbocycles. The van der Waals surface area contributed by atoms with E-state index in [2.05, 4.69) is 4.98 Å². The zero-order chi connectivity index (χ0) is 24.7. The molecule has 3 aromatic carbocycles. The molecule has 0 amide bonds. The van der Waals surface area contributed by atoms with Crippen LogP contribution in [0.25, 0.3) is 0 Å². The quantitative estimate of drug-likeness (QED) is 0.313. The molecule has 1 aromatic heterocycles. The Hall–Kier alpha value is -4.17. The largest absolute Gasteiger partial charge is 0.487 e. The number of anilines is 1. The number of carbonyl (C=O) groups excluding carboxylic acids is 1. The van der Waals surface area contributed by atoms with Crippen molar-refractivity contribution in [2.45, 2.75) is 18.1 Å².